The normalized spacial score (nSPS) is 19.5. The summed E-state index contributed by atoms with van der Waals surface area (Å²) in [5.41, 5.74) is 1.53. The van der Waals surface area contributed by atoms with Crippen LogP contribution in [0, 0.1) is 5.92 Å². The van der Waals surface area contributed by atoms with E-state index in [-0.39, 0.29) is 5.69 Å². The van der Waals surface area contributed by atoms with Crippen LogP contribution in [0.2, 0.25) is 0 Å². The van der Waals surface area contributed by atoms with Crippen LogP contribution in [0.4, 0.5) is 5.69 Å². The molecule has 2 aromatic rings. The number of hydrogen-bond acceptors (Lipinski definition) is 4. The number of benzene rings is 1. The van der Waals surface area contributed by atoms with E-state index in [1.165, 1.54) is 6.42 Å². The largest absolute Gasteiger partial charge is 0.476 e. The predicted octanol–water partition coefficient (Wildman–Crippen LogP) is 2.95. The highest BCUT2D eigenvalue weighted by Gasteiger charge is 2.23. The number of nitrogens with zero attached hydrogens (tertiary/aromatic N) is 3. The third kappa shape index (κ3) is 2.68. The van der Waals surface area contributed by atoms with Crippen LogP contribution in [0.3, 0.4) is 0 Å². The summed E-state index contributed by atoms with van der Waals surface area (Å²) < 4.78 is 0. The number of rotatable bonds is 2. The maximum Gasteiger partial charge on any atom is 0.358 e. The Hall–Kier alpha value is -2.17. The zero-order valence-corrected chi connectivity index (χ0v) is 12.1. The Balaban J connectivity index is 2.13. The van der Waals surface area contributed by atoms with E-state index in [0.29, 0.717) is 5.92 Å². The number of anilines is 1. The third-order valence-corrected chi connectivity index (χ3v) is 4.18. The number of carboxylic acid groups (broad SMARTS) is 1. The summed E-state index contributed by atoms with van der Waals surface area (Å²) in [5.74, 6) is -0.329. The van der Waals surface area contributed by atoms with Gasteiger partial charge in [0, 0.05) is 18.5 Å². The molecule has 110 valence electrons. The Morgan fingerprint density at radius 1 is 1.24 bits per heavy atom. The molecule has 1 unspecified atom stereocenters. The molecule has 5 heteroatoms. The van der Waals surface area contributed by atoms with Crippen LogP contribution >= 0.6 is 0 Å². The molecule has 1 fully saturated rings. The second-order valence-corrected chi connectivity index (χ2v) is 5.74. The number of carboxylic acids is 1. The third-order valence-electron chi connectivity index (χ3n) is 4.18. The first-order valence-corrected chi connectivity index (χ1v) is 7.40. The Morgan fingerprint density at radius 2 is 2.05 bits per heavy atom. The summed E-state index contributed by atoms with van der Waals surface area (Å²) in [4.78, 5) is 13.7. The van der Waals surface area contributed by atoms with Gasteiger partial charge in [-0.3, -0.25) is 0 Å². The number of carbonyl (C=O) groups is 1. The smallest absolute Gasteiger partial charge is 0.358 e. The average molecular weight is 285 g/mol. The van der Waals surface area contributed by atoms with Crippen molar-refractivity contribution in [3.63, 3.8) is 0 Å². The monoisotopic (exact) mass is 285 g/mol. The van der Waals surface area contributed by atoms with Gasteiger partial charge < -0.3 is 10.0 Å². The minimum Gasteiger partial charge on any atom is -0.476 e. The first kappa shape index (κ1) is 13.8. The molecule has 1 atom stereocenters. The molecule has 1 aliphatic rings. The summed E-state index contributed by atoms with van der Waals surface area (Å²) in [6.45, 7) is 4.00. The number of fused-ring (bicyclic) bond motifs is 1. The molecule has 0 radical (unpaired) electrons. The highest BCUT2D eigenvalue weighted by atomic mass is 16.4. The maximum absolute atomic E-state index is 11.5. The first-order valence-electron chi connectivity index (χ1n) is 7.40. The zero-order valence-electron chi connectivity index (χ0n) is 12.1. The molecule has 0 aliphatic carbocycles. The van der Waals surface area contributed by atoms with Gasteiger partial charge in [-0.2, -0.15) is 0 Å². The second-order valence-electron chi connectivity index (χ2n) is 5.74. The summed E-state index contributed by atoms with van der Waals surface area (Å²) >= 11 is 0. The molecule has 0 amide bonds. The van der Waals surface area contributed by atoms with E-state index in [4.69, 9.17) is 0 Å². The van der Waals surface area contributed by atoms with Gasteiger partial charge >= 0.3 is 5.97 Å². The van der Waals surface area contributed by atoms with Crippen molar-refractivity contribution in [1.82, 2.24) is 10.2 Å². The van der Waals surface area contributed by atoms with E-state index in [0.717, 1.165) is 42.5 Å². The van der Waals surface area contributed by atoms with Gasteiger partial charge in [-0.05, 0) is 31.2 Å². The lowest BCUT2D eigenvalue weighted by Gasteiger charge is -2.25. The van der Waals surface area contributed by atoms with Gasteiger partial charge in [0.05, 0.1) is 11.2 Å². The standard InChI is InChI=1S/C16H19N3O2/c1-11-5-4-9-19(10-8-11)15-12-6-2-3-7-13(12)17-18-14(15)16(20)21/h2-3,6-7,11H,4-5,8-10H2,1H3,(H,20,21). The number of hydrogen-bond donors (Lipinski definition) is 1. The van der Waals surface area contributed by atoms with Crippen molar-refractivity contribution in [2.45, 2.75) is 26.2 Å². The van der Waals surface area contributed by atoms with Crippen molar-refractivity contribution in [2.24, 2.45) is 5.92 Å². The first-order chi connectivity index (χ1) is 10.2. The van der Waals surface area contributed by atoms with Crippen molar-refractivity contribution in [2.75, 3.05) is 18.0 Å². The van der Waals surface area contributed by atoms with Crippen molar-refractivity contribution in [1.29, 1.82) is 0 Å². The van der Waals surface area contributed by atoms with Crippen molar-refractivity contribution < 1.29 is 9.90 Å². The lowest BCUT2D eigenvalue weighted by Crippen LogP contribution is -2.27. The number of aromatic carboxylic acids is 1. The van der Waals surface area contributed by atoms with E-state index in [9.17, 15) is 9.90 Å². The van der Waals surface area contributed by atoms with Gasteiger partial charge in [0.25, 0.3) is 0 Å². The molecule has 1 aliphatic heterocycles. The summed E-state index contributed by atoms with van der Waals surface area (Å²) in [6.07, 6.45) is 3.35. The average Bonchev–Trinajstić information content (AvgIpc) is 2.70. The van der Waals surface area contributed by atoms with E-state index in [1.54, 1.807) is 0 Å². The molecule has 0 spiro atoms. The fraction of sp³-hybridized carbons (Fsp3) is 0.438. The Labute approximate surface area is 123 Å². The van der Waals surface area contributed by atoms with Crippen LogP contribution in [0.1, 0.15) is 36.7 Å². The number of aromatic nitrogens is 2. The summed E-state index contributed by atoms with van der Waals surface area (Å²) in [7, 11) is 0. The molecule has 1 aromatic heterocycles. The molecule has 0 saturated carbocycles. The van der Waals surface area contributed by atoms with Crippen LogP contribution in [-0.2, 0) is 0 Å². The Morgan fingerprint density at radius 3 is 2.86 bits per heavy atom. The van der Waals surface area contributed by atoms with Crippen LogP contribution < -0.4 is 4.90 Å². The highest BCUT2D eigenvalue weighted by molar-refractivity contribution is 6.02. The van der Waals surface area contributed by atoms with Crippen LogP contribution in [0.15, 0.2) is 24.3 Å². The van der Waals surface area contributed by atoms with Crippen molar-refractivity contribution in [3.8, 4) is 0 Å². The summed E-state index contributed by atoms with van der Waals surface area (Å²) in [6, 6.07) is 7.61. The molecule has 21 heavy (non-hydrogen) atoms. The SMILES string of the molecule is CC1CCCN(c2c(C(=O)O)nnc3ccccc23)CC1. The Bertz CT molecular complexity index is 672. The van der Waals surface area contributed by atoms with Crippen molar-refractivity contribution >= 4 is 22.6 Å². The highest BCUT2D eigenvalue weighted by Crippen LogP contribution is 2.31. The van der Waals surface area contributed by atoms with Gasteiger partial charge in [-0.25, -0.2) is 4.79 Å². The molecule has 1 saturated heterocycles. The Kier molecular flexibility index (Phi) is 3.73. The van der Waals surface area contributed by atoms with Crippen molar-refractivity contribution in [3.05, 3.63) is 30.0 Å². The topological polar surface area (TPSA) is 66.3 Å². The van der Waals surface area contributed by atoms with Crippen LogP contribution in [-0.4, -0.2) is 34.4 Å². The van der Waals surface area contributed by atoms with Crippen LogP contribution in [0.5, 0.6) is 0 Å². The zero-order chi connectivity index (χ0) is 14.8. The molecule has 2 heterocycles. The lowest BCUT2D eigenvalue weighted by atomic mass is 10.0. The maximum atomic E-state index is 11.5. The quantitative estimate of drug-likeness (QED) is 0.919. The minimum atomic E-state index is -1.01. The van der Waals surface area contributed by atoms with Gasteiger partial charge in [0.1, 0.15) is 0 Å². The fourth-order valence-electron chi connectivity index (χ4n) is 2.99. The molecule has 1 aromatic carbocycles. The van der Waals surface area contributed by atoms with E-state index >= 15 is 0 Å². The second kappa shape index (κ2) is 5.68. The summed E-state index contributed by atoms with van der Waals surface area (Å²) in [5, 5.41) is 18.3. The molecule has 5 nitrogen and oxygen atoms in total. The molecular weight excluding hydrogens is 266 g/mol. The van der Waals surface area contributed by atoms with Gasteiger partial charge in [0.2, 0.25) is 0 Å². The lowest BCUT2D eigenvalue weighted by molar-refractivity contribution is 0.0690. The molecular formula is C16H19N3O2. The van der Waals surface area contributed by atoms with E-state index < -0.39 is 5.97 Å². The fourth-order valence-corrected chi connectivity index (χ4v) is 2.99. The minimum absolute atomic E-state index is 0.0586. The predicted molar refractivity (Wildman–Crippen MR) is 81.7 cm³/mol. The van der Waals surface area contributed by atoms with E-state index in [1.807, 2.05) is 24.3 Å². The van der Waals surface area contributed by atoms with E-state index in [2.05, 4.69) is 22.0 Å². The van der Waals surface area contributed by atoms with Gasteiger partial charge in [-0.15, -0.1) is 10.2 Å². The van der Waals surface area contributed by atoms with Crippen LogP contribution in [0.25, 0.3) is 10.9 Å². The molecule has 3 rings (SSSR count). The molecule has 0 bridgehead atoms. The van der Waals surface area contributed by atoms with Gasteiger partial charge in [-0.1, -0.05) is 25.1 Å². The van der Waals surface area contributed by atoms with Gasteiger partial charge in [0.15, 0.2) is 5.69 Å². The molecule has 1 N–H and O–H groups in total.